The Morgan fingerprint density at radius 1 is 1.00 bits per heavy atom. The van der Waals surface area contributed by atoms with E-state index < -0.39 is 0 Å². The van der Waals surface area contributed by atoms with Crippen LogP contribution in [0.4, 0.5) is 5.69 Å². The molecule has 19 heavy (non-hydrogen) atoms. The van der Waals surface area contributed by atoms with Crippen LogP contribution in [0.15, 0.2) is 48.5 Å². The first-order chi connectivity index (χ1) is 9.33. The number of hydrogen-bond acceptors (Lipinski definition) is 2. The van der Waals surface area contributed by atoms with E-state index in [1.54, 1.807) is 0 Å². The van der Waals surface area contributed by atoms with Crippen molar-refractivity contribution in [1.29, 1.82) is 0 Å². The van der Waals surface area contributed by atoms with Crippen molar-refractivity contribution in [3.05, 3.63) is 65.2 Å². The first kappa shape index (κ1) is 10.8. The van der Waals surface area contributed by atoms with Gasteiger partial charge in [-0.2, -0.15) is 0 Å². The maximum atomic E-state index is 12.0. The number of rotatable bonds is 1. The Kier molecular flexibility index (Phi) is 2.25. The normalized spacial score (nSPS) is 23.9. The molecule has 0 saturated carbocycles. The van der Waals surface area contributed by atoms with Gasteiger partial charge in [-0.3, -0.25) is 4.79 Å². The minimum atomic E-state index is 0.238. The van der Waals surface area contributed by atoms with Gasteiger partial charge in [-0.15, -0.1) is 0 Å². The Morgan fingerprint density at radius 2 is 1.84 bits per heavy atom. The van der Waals surface area contributed by atoms with Crippen LogP contribution in [0.3, 0.4) is 0 Å². The largest absolute Gasteiger partial charge is 0.377 e. The monoisotopic (exact) mass is 249 g/mol. The summed E-state index contributed by atoms with van der Waals surface area (Å²) in [5.41, 5.74) is 5.06. The molecule has 0 fully saturated rings. The molecule has 94 valence electrons. The SMILES string of the molecule is O=C1Cc2cccc3c2C(C1)C(c1ccccc1)N3. The molecule has 0 bridgehead atoms. The van der Waals surface area contributed by atoms with Crippen molar-refractivity contribution in [2.45, 2.75) is 24.8 Å². The molecule has 0 aromatic heterocycles. The molecule has 0 saturated heterocycles. The molecule has 0 radical (unpaired) electrons. The Labute approximate surface area is 112 Å². The molecule has 1 aliphatic carbocycles. The average Bonchev–Trinajstić information content (AvgIpc) is 2.80. The molecule has 2 unspecified atom stereocenters. The molecule has 1 heterocycles. The molecule has 1 aliphatic heterocycles. The van der Waals surface area contributed by atoms with Crippen LogP contribution < -0.4 is 5.32 Å². The highest BCUT2D eigenvalue weighted by Gasteiger charge is 2.38. The fourth-order valence-electron chi connectivity index (χ4n) is 3.49. The van der Waals surface area contributed by atoms with E-state index in [4.69, 9.17) is 0 Å². The molecular formula is C17H15NO. The Hall–Kier alpha value is -2.09. The van der Waals surface area contributed by atoms with Crippen LogP contribution in [0.5, 0.6) is 0 Å². The lowest BCUT2D eigenvalue weighted by Crippen LogP contribution is -2.20. The van der Waals surface area contributed by atoms with Crippen molar-refractivity contribution in [3.8, 4) is 0 Å². The minimum absolute atomic E-state index is 0.238. The fourth-order valence-corrected chi connectivity index (χ4v) is 3.49. The van der Waals surface area contributed by atoms with Crippen LogP contribution in [-0.2, 0) is 11.2 Å². The number of benzene rings is 2. The van der Waals surface area contributed by atoms with Crippen LogP contribution in [0.25, 0.3) is 0 Å². The zero-order chi connectivity index (χ0) is 12.8. The summed E-state index contributed by atoms with van der Waals surface area (Å²) in [4.78, 5) is 12.0. The van der Waals surface area contributed by atoms with E-state index in [0.29, 0.717) is 24.5 Å². The van der Waals surface area contributed by atoms with Gasteiger partial charge in [-0.1, -0.05) is 42.5 Å². The van der Waals surface area contributed by atoms with E-state index in [0.717, 1.165) is 0 Å². The lowest BCUT2D eigenvalue weighted by Gasteiger charge is -2.24. The van der Waals surface area contributed by atoms with Crippen LogP contribution in [0.2, 0.25) is 0 Å². The van der Waals surface area contributed by atoms with Gasteiger partial charge in [0.25, 0.3) is 0 Å². The minimum Gasteiger partial charge on any atom is -0.377 e. The molecule has 0 amide bonds. The second-order valence-electron chi connectivity index (χ2n) is 5.44. The summed E-state index contributed by atoms with van der Waals surface area (Å²) in [7, 11) is 0. The maximum absolute atomic E-state index is 12.0. The summed E-state index contributed by atoms with van der Waals surface area (Å²) in [5, 5.41) is 3.60. The maximum Gasteiger partial charge on any atom is 0.137 e. The highest BCUT2D eigenvalue weighted by atomic mass is 16.1. The van der Waals surface area contributed by atoms with Crippen molar-refractivity contribution >= 4 is 11.5 Å². The van der Waals surface area contributed by atoms with Gasteiger partial charge in [-0.25, -0.2) is 0 Å². The Bertz CT molecular complexity index is 648. The summed E-state index contributed by atoms with van der Waals surface area (Å²) in [5.74, 6) is 0.661. The first-order valence-electron chi connectivity index (χ1n) is 6.78. The standard InChI is InChI=1S/C17H15NO/c19-13-9-12-7-4-8-15-16(12)14(10-13)17(18-15)11-5-2-1-3-6-11/h1-8,14,17-18H,9-10H2. The molecule has 2 aliphatic rings. The van der Waals surface area contributed by atoms with E-state index in [2.05, 4.69) is 41.7 Å². The molecule has 0 spiro atoms. The quantitative estimate of drug-likeness (QED) is 0.838. The van der Waals surface area contributed by atoms with Gasteiger partial charge in [0.2, 0.25) is 0 Å². The van der Waals surface area contributed by atoms with Gasteiger partial charge in [0, 0.05) is 24.4 Å². The van der Waals surface area contributed by atoms with Crippen molar-refractivity contribution < 1.29 is 4.79 Å². The van der Waals surface area contributed by atoms with Crippen LogP contribution in [0.1, 0.15) is 35.1 Å². The molecule has 2 aromatic carbocycles. The van der Waals surface area contributed by atoms with Crippen LogP contribution >= 0.6 is 0 Å². The lowest BCUT2D eigenvalue weighted by molar-refractivity contribution is -0.119. The van der Waals surface area contributed by atoms with Gasteiger partial charge in [-0.05, 0) is 22.8 Å². The summed E-state index contributed by atoms with van der Waals surface area (Å²) in [6.45, 7) is 0. The van der Waals surface area contributed by atoms with E-state index in [9.17, 15) is 4.79 Å². The molecule has 1 N–H and O–H groups in total. The third kappa shape index (κ3) is 1.60. The average molecular weight is 249 g/mol. The van der Waals surface area contributed by atoms with Crippen LogP contribution in [-0.4, -0.2) is 5.78 Å². The number of Topliss-reactive ketones (excluding diaryl/α,β-unsaturated/α-hetero) is 1. The zero-order valence-electron chi connectivity index (χ0n) is 10.6. The Morgan fingerprint density at radius 3 is 2.68 bits per heavy atom. The van der Waals surface area contributed by atoms with Crippen molar-refractivity contribution in [2.24, 2.45) is 0 Å². The third-order valence-corrected chi connectivity index (χ3v) is 4.27. The second-order valence-corrected chi connectivity index (χ2v) is 5.44. The van der Waals surface area contributed by atoms with Gasteiger partial charge in [0.05, 0.1) is 6.04 Å². The number of carbonyl (C=O) groups is 1. The molecule has 2 heteroatoms. The van der Waals surface area contributed by atoms with Gasteiger partial charge in [0.1, 0.15) is 5.78 Å². The smallest absolute Gasteiger partial charge is 0.137 e. The topological polar surface area (TPSA) is 29.1 Å². The Balaban J connectivity index is 1.84. The van der Waals surface area contributed by atoms with Crippen molar-refractivity contribution in [3.63, 3.8) is 0 Å². The van der Waals surface area contributed by atoms with E-state index in [1.165, 1.54) is 22.4 Å². The molecule has 2 aromatic rings. The van der Waals surface area contributed by atoms with Gasteiger partial charge >= 0.3 is 0 Å². The fraction of sp³-hybridized carbons (Fsp3) is 0.235. The summed E-state index contributed by atoms with van der Waals surface area (Å²) in [6.07, 6.45) is 1.26. The van der Waals surface area contributed by atoms with E-state index in [-0.39, 0.29) is 6.04 Å². The van der Waals surface area contributed by atoms with Crippen molar-refractivity contribution in [1.82, 2.24) is 0 Å². The highest BCUT2D eigenvalue weighted by molar-refractivity contribution is 5.87. The number of hydrogen-bond donors (Lipinski definition) is 1. The van der Waals surface area contributed by atoms with Crippen molar-refractivity contribution in [2.75, 3.05) is 5.32 Å². The summed E-state index contributed by atoms with van der Waals surface area (Å²) < 4.78 is 0. The second kappa shape index (κ2) is 3.95. The summed E-state index contributed by atoms with van der Waals surface area (Å²) >= 11 is 0. The molecule has 2 nitrogen and oxygen atoms in total. The predicted octanol–water partition coefficient (Wildman–Crippen LogP) is 3.45. The number of carbonyl (C=O) groups excluding carboxylic acids is 1. The van der Waals surface area contributed by atoms with E-state index in [1.807, 2.05) is 12.1 Å². The van der Waals surface area contributed by atoms with Crippen LogP contribution in [0, 0.1) is 0 Å². The lowest BCUT2D eigenvalue weighted by atomic mass is 9.78. The van der Waals surface area contributed by atoms with Gasteiger partial charge < -0.3 is 5.32 Å². The third-order valence-electron chi connectivity index (χ3n) is 4.27. The number of nitrogens with one attached hydrogen (secondary N) is 1. The first-order valence-corrected chi connectivity index (χ1v) is 6.78. The summed E-state index contributed by atoms with van der Waals surface area (Å²) in [6, 6.07) is 16.9. The number of ketones is 1. The molecule has 4 rings (SSSR count). The number of anilines is 1. The molecule has 2 atom stereocenters. The zero-order valence-corrected chi connectivity index (χ0v) is 10.6. The van der Waals surface area contributed by atoms with E-state index >= 15 is 0 Å². The molecular weight excluding hydrogens is 234 g/mol. The predicted molar refractivity (Wildman–Crippen MR) is 75.3 cm³/mol. The highest BCUT2D eigenvalue weighted by Crippen LogP contribution is 2.49. The van der Waals surface area contributed by atoms with Gasteiger partial charge in [0.15, 0.2) is 0 Å².